The SMILES string of the molecule is COc1ccc2[nH]c3c(c2c1Cl)C(=O)NCC3. The molecule has 1 aromatic heterocycles. The van der Waals surface area contributed by atoms with Gasteiger partial charge in [0, 0.05) is 29.6 Å². The van der Waals surface area contributed by atoms with E-state index in [0.717, 1.165) is 23.0 Å². The summed E-state index contributed by atoms with van der Waals surface area (Å²) in [5.74, 6) is 0.506. The molecular formula is C12H11ClN2O2. The van der Waals surface area contributed by atoms with E-state index < -0.39 is 0 Å². The molecule has 88 valence electrons. The van der Waals surface area contributed by atoms with Gasteiger partial charge in [-0.2, -0.15) is 0 Å². The number of hydrogen-bond donors (Lipinski definition) is 2. The Morgan fingerprint density at radius 2 is 2.24 bits per heavy atom. The second kappa shape index (κ2) is 3.67. The first-order valence-electron chi connectivity index (χ1n) is 5.37. The first-order valence-corrected chi connectivity index (χ1v) is 5.75. The zero-order valence-electron chi connectivity index (χ0n) is 9.26. The molecule has 0 spiro atoms. The highest BCUT2D eigenvalue weighted by molar-refractivity contribution is 6.38. The number of rotatable bonds is 1. The molecule has 1 amide bonds. The van der Waals surface area contributed by atoms with Crippen LogP contribution in [0.25, 0.3) is 10.9 Å². The van der Waals surface area contributed by atoms with Crippen molar-refractivity contribution < 1.29 is 9.53 Å². The first-order chi connectivity index (χ1) is 8.22. The van der Waals surface area contributed by atoms with E-state index >= 15 is 0 Å². The zero-order chi connectivity index (χ0) is 12.0. The number of amides is 1. The summed E-state index contributed by atoms with van der Waals surface area (Å²) in [4.78, 5) is 15.1. The Morgan fingerprint density at radius 1 is 1.41 bits per heavy atom. The molecule has 5 heteroatoms. The van der Waals surface area contributed by atoms with Gasteiger partial charge < -0.3 is 15.0 Å². The maximum Gasteiger partial charge on any atom is 0.253 e. The number of hydrogen-bond acceptors (Lipinski definition) is 2. The van der Waals surface area contributed by atoms with Gasteiger partial charge >= 0.3 is 0 Å². The Labute approximate surface area is 103 Å². The van der Waals surface area contributed by atoms with Crippen molar-refractivity contribution in [1.82, 2.24) is 10.3 Å². The Morgan fingerprint density at radius 3 is 3.00 bits per heavy atom. The number of methoxy groups -OCH3 is 1. The van der Waals surface area contributed by atoms with Gasteiger partial charge in [-0.1, -0.05) is 11.6 Å². The number of carbonyl (C=O) groups excluding carboxylic acids is 1. The lowest BCUT2D eigenvalue weighted by Gasteiger charge is -2.12. The lowest BCUT2D eigenvalue weighted by atomic mass is 10.1. The third kappa shape index (κ3) is 1.41. The molecule has 0 saturated heterocycles. The largest absolute Gasteiger partial charge is 0.495 e. The van der Waals surface area contributed by atoms with Gasteiger partial charge in [0.25, 0.3) is 5.91 Å². The third-order valence-corrected chi connectivity index (χ3v) is 3.43. The molecule has 0 saturated carbocycles. The van der Waals surface area contributed by atoms with Crippen LogP contribution in [0, 0.1) is 0 Å². The van der Waals surface area contributed by atoms with Gasteiger partial charge in [0.1, 0.15) is 5.75 Å². The van der Waals surface area contributed by atoms with Crippen LogP contribution < -0.4 is 10.1 Å². The fraction of sp³-hybridized carbons (Fsp3) is 0.250. The molecule has 2 N–H and O–H groups in total. The normalized spacial score (nSPS) is 14.6. The van der Waals surface area contributed by atoms with Crippen molar-refractivity contribution in [2.24, 2.45) is 0 Å². The number of aromatic amines is 1. The van der Waals surface area contributed by atoms with Crippen LogP contribution in [0.4, 0.5) is 0 Å². The van der Waals surface area contributed by atoms with Gasteiger partial charge in [-0.05, 0) is 12.1 Å². The number of nitrogens with one attached hydrogen (secondary N) is 2. The van der Waals surface area contributed by atoms with E-state index in [4.69, 9.17) is 16.3 Å². The molecule has 4 nitrogen and oxygen atoms in total. The molecule has 0 unspecified atom stereocenters. The fourth-order valence-electron chi connectivity index (χ4n) is 2.27. The molecule has 1 aliphatic rings. The van der Waals surface area contributed by atoms with Gasteiger partial charge in [0.05, 0.1) is 17.7 Å². The van der Waals surface area contributed by atoms with Gasteiger partial charge in [0.15, 0.2) is 0 Å². The molecule has 1 aromatic carbocycles. The minimum absolute atomic E-state index is 0.0762. The Hall–Kier alpha value is -1.68. The third-order valence-electron chi connectivity index (χ3n) is 3.05. The van der Waals surface area contributed by atoms with Crippen LogP contribution in [0.2, 0.25) is 5.02 Å². The Balaban J connectivity index is 2.38. The van der Waals surface area contributed by atoms with Crippen molar-refractivity contribution in [2.75, 3.05) is 13.7 Å². The molecule has 0 aliphatic carbocycles. The van der Waals surface area contributed by atoms with Gasteiger partial charge in [-0.3, -0.25) is 4.79 Å². The number of H-pyrrole nitrogens is 1. The lowest BCUT2D eigenvalue weighted by molar-refractivity contribution is 0.0947. The minimum Gasteiger partial charge on any atom is -0.495 e. The van der Waals surface area contributed by atoms with Crippen molar-refractivity contribution in [3.05, 3.63) is 28.4 Å². The minimum atomic E-state index is -0.0762. The van der Waals surface area contributed by atoms with E-state index in [1.165, 1.54) is 0 Å². The number of aromatic nitrogens is 1. The van der Waals surface area contributed by atoms with E-state index in [0.29, 0.717) is 22.9 Å². The lowest BCUT2D eigenvalue weighted by Crippen LogP contribution is -2.31. The van der Waals surface area contributed by atoms with Crippen LogP contribution in [0.15, 0.2) is 12.1 Å². The van der Waals surface area contributed by atoms with Crippen LogP contribution in [-0.4, -0.2) is 24.5 Å². The summed E-state index contributed by atoms with van der Waals surface area (Å²) in [6.07, 6.45) is 0.800. The molecule has 1 aliphatic heterocycles. The van der Waals surface area contributed by atoms with Crippen molar-refractivity contribution in [3.63, 3.8) is 0 Å². The van der Waals surface area contributed by atoms with Crippen LogP contribution in [0.3, 0.4) is 0 Å². The molecule has 17 heavy (non-hydrogen) atoms. The van der Waals surface area contributed by atoms with E-state index in [1.807, 2.05) is 6.07 Å². The summed E-state index contributed by atoms with van der Waals surface area (Å²) in [7, 11) is 1.56. The highest BCUT2D eigenvalue weighted by atomic mass is 35.5. The zero-order valence-corrected chi connectivity index (χ0v) is 10.0. The fourth-order valence-corrected chi connectivity index (χ4v) is 2.60. The smallest absolute Gasteiger partial charge is 0.253 e. The van der Waals surface area contributed by atoms with Crippen LogP contribution >= 0.6 is 11.6 Å². The standard InChI is InChI=1S/C12H11ClN2O2/c1-17-8-3-2-6-9(11(8)13)10-7(15-6)4-5-14-12(10)16/h2-3,15H,4-5H2,1H3,(H,14,16). The Kier molecular flexibility index (Phi) is 2.26. The number of carbonyl (C=O) groups is 1. The van der Waals surface area contributed by atoms with Crippen LogP contribution in [-0.2, 0) is 6.42 Å². The Bertz CT molecular complexity index is 618. The van der Waals surface area contributed by atoms with Crippen molar-refractivity contribution in [2.45, 2.75) is 6.42 Å². The summed E-state index contributed by atoms with van der Waals surface area (Å²) < 4.78 is 5.17. The summed E-state index contributed by atoms with van der Waals surface area (Å²) >= 11 is 6.26. The summed E-state index contributed by atoms with van der Waals surface area (Å²) in [6, 6.07) is 3.68. The second-order valence-corrected chi connectivity index (χ2v) is 4.37. The van der Waals surface area contributed by atoms with Crippen molar-refractivity contribution in [3.8, 4) is 5.75 Å². The number of ether oxygens (including phenoxy) is 1. The van der Waals surface area contributed by atoms with E-state index in [2.05, 4.69) is 10.3 Å². The predicted molar refractivity (Wildman–Crippen MR) is 65.9 cm³/mol. The summed E-state index contributed by atoms with van der Waals surface area (Å²) in [5.41, 5.74) is 2.46. The van der Waals surface area contributed by atoms with Crippen LogP contribution in [0.1, 0.15) is 16.1 Å². The summed E-state index contributed by atoms with van der Waals surface area (Å²) in [6.45, 7) is 0.660. The van der Waals surface area contributed by atoms with E-state index in [-0.39, 0.29) is 5.91 Å². The summed E-state index contributed by atoms with van der Waals surface area (Å²) in [5, 5.41) is 4.06. The van der Waals surface area contributed by atoms with Gasteiger partial charge in [-0.15, -0.1) is 0 Å². The molecule has 2 aromatic rings. The molecule has 0 atom stereocenters. The molecule has 0 fully saturated rings. The van der Waals surface area contributed by atoms with Crippen molar-refractivity contribution in [1.29, 1.82) is 0 Å². The maximum absolute atomic E-state index is 11.9. The monoisotopic (exact) mass is 250 g/mol. The first kappa shape index (κ1) is 10.5. The number of benzene rings is 1. The molecular weight excluding hydrogens is 240 g/mol. The number of halogens is 1. The molecule has 0 radical (unpaired) electrons. The predicted octanol–water partition coefficient (Wildman–Crippen LogP) is 2.12. The highest BCUT2D eigenvalue weighted by Crippen LogP contribution is 2.36. The average molecular weight is 251 g/mol. The topological polar surface area (TPSA) is 54.1 Å². The molecule has 0 bridgehead atoms. The van der Waals surface area contributed by atoms with Crippen molar-refractivity contribution >= 4 is 28.4 Å². The maximum atomic E-state index is 11.9. The quantitative estimate of drug-likeness (QED) is 0.815. The van der Waals surface area contributed by atoms with Crippen LogP contribution in [0.5, 0.6) is 5.75 Å². The molecule has 2 heterocycles. The highest BCUT2D eigenvalue weighted by Gasteiger charge is 2.24. The molecule has 3 rings (SSSR count). The average Bonchev–Trinajstić information content (AvgIpc) is 2.70. The number of fused-ring (bicyclic) bond motifs is 3. The van der Waals surface area contributed by atoms with E-state index in [9.17, 15) is 4.79 Å². The second-order valence-electron chi connectivity index (χ2n) is 3.99. The van der Waals surface area contributed by atoms with Gasteiger partial charge in [0.2, 0.25) is 0 Å². The van der Waals surface area contributed by atoms with Gasteiger partial charge in [-0.25, -0.2) is 0 Å². The van der Waals surface area contributed by atoms with E-state index in [1.54, 1.807) is 13.2 Å².